The predicted octanol–water partition coefficient (Wildman–Crippen LogP) is 0.139. The van der Waals surface area contributed by atoms with Gasteiger partial charge >= 0.3 is 0 Å². The molecule has 6 nitrogen and oxygen atoms in total. The number of phenols is 1. The molecule has 0 aliphatic carbocycles. The lowest BCUT2D eigenvalue weighted by molar-refractivity contribution is 0.0838. The molecule has 0 radical (unpaired) electrons. The van der Waals surface area contributed by atoms with Crippen LogP contribution in [0.3, 0.4) is 0 Å². The predicted molar refractivity (Wildman–Crippen MR) is 64.9 cm³/mol. The number of hydrogen-bond donors (Lipinski definition) is 3. The zero-order valence-electron chi connectivity index (χ0n) is 10.2. The SMILES string of the molecule is COc1ccc(C(=O)NCCOCCO)cc1O. The highest BCUT2D eigenvalue weighted by Crippen LogP contribution is 2.25. The Bertz CT molecular complexity index is 394. The molecular formula is C12H17NO5. The van der Waals surface area contributed by atoms with Crippen molar-refractivity contribution in [3.63, 3.8) is 0 Å². The van der Waals surface area contributed by atoms with Crippen LogP contribution in [0.1, 0.15) is 10.4 Å². The molecule has 0 aliphatic heterocycles. The van der Waals surface area contributed by atoms with Crippen molar-refractivity contribution in [2.75, 3.05) is 33.5 Å². The van der Waals surface area contributed by atoms with Crippen molar-refractivity contribution < 1.29 is 24.5 Å². The van der Waals surface area contributed by atoms with Crippen LogP contribution >= 0.6 is 0 Å². The van der Waals surface area contributed by atoms with E-state index in [2.05, 4.69) is 5.32 Å². The maximum absolute atomic E-state index is 11.7. The van der Waals surface area contributed by atoms with Gasteiger partial charge in [-0.15, -0.1) is 0 Å². The number of amides is 1. The molecular weight excluding hydrogens is 238 g/mol. The van der Waals surface area contributed by atoms with Crippen molar-refractivity contribution in [2.45, 2.75) is 0 Å². The maximum Gasteiger partial charge on any atom is 0.251 e. The number of ether oxygens (including phenoxy) is 2. The van der Waals surface area contributed by atoms with Gasteiger partial charge in [-0.1, -0.05) is 0 Å². The first-order chi connectivity index (χ1) is 8.69. The summed E-state index contributed by atoms with van der Waals surface area (Å²) in [5, 5.41) is 20.6. The molecule has 1 rings (SSSR count). The second kappa shape index (κ2) is 7.52. The number of aliphatic hydroxyl groups excluding tert-OH is 1. The number of aromatic hydroxyl groups is 1. The van der Waals surface area contributed by atoms with E-state index in [1.54, 1.807) is 6.07 Å². The van der Waals surface area contributed by atoms with Gasteiger partial charge in [-0.3, -0.25) is 4.79 Å². The molecule has 0 fully saturated rings. The zero-order valence-corrected chi connectivity index (χ0v) is 10.2. The molecule has 1 aromatic carbocycles. The normalized spacial score (nSPS) is 10.1. The summed E-state index contributed by atoms with van der Waals surface area (Å²) in [7, 11) is 1.44. The average Bonchev–Trinajstić information content (AvgIpc) is 2.38. The van der Waals surface area contributed by atoms with Gasteiger partial charge in [0.05, 0.1) is 26.9 Å². The molecule has 0 aromatic heterocycles. The van der Waals surface area contributed by atoms with Crippen LogP contribution < -0.4 is 10.1 Å². The Morgan fingerprint density at radius 1 is 1.39 bits per heavy atom. The zero-order chi connectivity index (χ0) is 13.4. The van der Waals surface area contributed by atoms with Crippen LogP contribution in [0, 0.1) is 0 Å². The van der Waals surface area contributed by atoms with Crippen molar-refractivity contribution >= 4 is 5.91 Å². The first-order valence-corrected chi connectivity index (χ1v) is 5.53. The quantitative estimate of drug-likeness (QED) is 0.603. The van der Waals surface area contributed by atoms with Gasteiger partial charge in [0.15, 0.2) is 11.5 Å². The van der Waals surface area contributed by atoms with Crippen LogP contribution in [0.4, 0.5) is 0 Å². The molecule has 0 bridgehead atoms. The van der Waals surface area contributed by atoms with E-state index in [1.807, 2.05) is 0 Å². The highest BCUT2D eigenvalue weighted by atomic mass is 16.5. The van der Waals surface area contributed by atoms with Gasteiger partial charge in [0.2, 0.25) is 0 Å². The molecule has 1 aromatic rings. The highest BCUT2D eigenvalue weighted by molar-refractivity contribution is 5.94. The third kappa shape index (κ3) is 4.23. The van der Waals surface area contributed by atoms with E-state index in [0.717, 1.165) is 0 Å². The smallest absolute Gasteiger partial charge is 0.251 e. The minimum atomic E-state index is -0.305. The summed E-state index contributed by atoms with van der Waals surface area (Å²) in [5.74, 6) is -0.0694. The number of carbonyl (C=O) groups is 1. The van der Waals surface area contributed by atoms with Gasteiger partial charge < -0.3 is 25.0 Å². The second-order valence-electron chi connectivity index (χ2n) is 3.48. The molecule has 18 heavy (non-hydrogen) atoms. The second-order valence-corrected chi connectivity index (χ2v) is 3.48. The van der Waals surface area contributed by atoms with Gasteiger partial charge in [0, 0.05) is 12.1 Å². The fourth-order valence-corrected chi connectivity index (χ4v) is 1.34. The minimum absolute atomic E-state index is 0.0414. The lowest BCUT2D eigenvalue weighted by atomic mass is 10.2. The van der Waals surface area contributed by atoms with Crippen LogP contribution in [-0.4, -0.2) is 49.6 Å². The molecule has 0 atom stereocenters. The Hall–Kier alpha value is -1.79. The third-order valence-corrected chi connectivity index (χ3v) is 2.21. The lowest BCUT2D eigenvalue weighted by Crippen LogP contribution is -2.27. The van der Waals surface area contributed by atoms with Crippen molar-refractivity contribution in [2.24, 2.45) is 0 Å². The fourth-order valence-electron chi connectivity index (χ4n) is 1.34. The largest absolute Gasteiger partial charge is 0.504 e. The molecule has 3 N–H and O–H groups in total. The van der Waals surface area contributed by atoms with E-state index in [4.69, 9.17) is 14.6 Å². The molecule has 0 heterocycles. The summed E-state index contributed by atoms with van der Waals surface area (Å²) in [6.45, 7) is 0.875. The van der Waals surface area contributed by atoms with E-state index < -0.39 is 0 Å². The number of phenolic OH excluding ortho intramolecular Hbond substituents is 1. The third-order valence-electron chi connectivity index (χ3n) is 2.21. The molecule has 0 unspecified atom stereocenters. The van der Waals surface area contributed by atoms with E-state index in [9.17, 15) is 9.90 Å². The first kappa shape index (κ1) is 14.3. The fraction of sp³-hybridized carbons (Fsp3) is 0.417. The van der Waals surface area contributed by atoms with Crippen LogP contribution in [0.5, 0.6) is 11.5 Å². The van der Waals surface area contributed by atoms with E-state index >= 15 is 0 Å². The number of nitrogens with one attached hydrogen (secondary N) is 1. The van der Waals surface area contributed by atoms with Gasteiger partial charge in [-0.2, -0.15) is 0 Å². The molecule has 0 saturated heterocycles. The monoisotopic (exact) mass is 255 g/mol. The van der Waals surface area contributed by atoms with Crippen molar-refractivity contribution in [1.82, 2.24) is 5.32 Å². The Morgan fingerprint density at radius 3 is 2.78 bits per heavy atom. The van der Waals surface area contributed by atoms with Crippen LogP contribution in [0.25, 0.3) is 0 Å². The Kier molecular flexibility index (Phi) is 5.96. The summed E-state index contributed by atoms with van der Waals surface area (Å²) in [4.78, 5) is 11.7. The van der Waals surface area contributed by atoms with E-state index in [1.165, 1.54) is 19.2 Å². The maximum atomic E-state index is 11.7. The summed E-state index contributed by atoms with van der Waals surface area (Å²) < 4.78 is 9.87. The van der Waals surface area contributed by atoms with Crippen LogP contribution in [-0.2, 0) is 4.74 Å². The molecule has 100 valence electrons. The van der Waals surface area contributed by atoms with Crippen molar-refractivity contribution in [3.05, 3.63) is 23.8 Å². The van der Waals surface area contributed by atoms with Gasteiger partial charge in [-0.05, 0) is 18.2 Å². The van der Waals surface area contributed by atoms with Crippen molar-refractivity contribution in [3.8, 4) is 11.5 Å². The van der Waals surface area contributed by atoms with E-state index in [0.29, 0.717) is 24.5 Å². The minimum Gasteiger partial charge on any atom is -0.504 e. The molecule has 0 aliphatic rings. The Morgan fingerprint density at radius 2 is 2.17 bits per heavy atom. The molecule has 1 amide bonds. The standard InChI is InChI=1S/C12H17NO5/c1-17-11-3-2-9(8-10(11)15)12(16)13-4-6-18-7-5-14/h2-3,8,14-15H,4-7H2,1H3,(H,13,16). The van der Waals surface area contributed by atoms with E-state index in [-0.39, 0.29) is 24.9 Å². The number of carbonyl (C=O) groups excluding carboxylic acids is 1. The van der Waals surface area contributed by atoms with Gasteiger partial charge in [0.1, 0.15) is 0 Å². The molecule has 6 heteroatoms. The van der Waals surface area contributed by atoms with Crippen LogP contribution in [0.15, 0.2) is 18.2 Å². The topological polar surface area (TPSA) is 88.0 Å². The molecule has 0 spiro atoms. The number of aliphatic hydroxyl groups is 1. The summed E-state index contributed by atoms with van der Waals surface area (Å²) in [6.07, 6.45) is 0. The Labute approximate surface area is 105 Å². The number of hydrogen-bond acceptors (Lipinski definition) is 5. The van der Waals surface area contributed by atoms with Gasteiger partial charge in [-0.25, -0.2) is 0 Å². The lowest BCUT2D eigenvalue weighted by Gasteiger charge is -2.07. The number of methoxy groups -OCH3 is 1. The summed E-state index contributed by atoms with van der Waals surface area (Å²) in [5.41, 5.74) is 0.343. The first-order valence-electron chi connectivity index (χ1n) is 5.53. The van der Waals surface area contributed by atoms with Crippen molar-refractivity contribution in [1.29, 1.82) is 0 Å². The Balaban J connectivity index is 2.44. The number of benzene rings is 1. The van der Waals surface area contributed by atoms with Gasteiger partial charge in [0.25, 0.3) is 5.91 Å². The number of rotatable bonds is 7. The summed E-state index contributed by atoms with van der Waals surface area (Å²) >= 11 is 0. The van der Waals surface area contributed by atoms with Crippen LogP contribution in [0.2, 0.25) is 0 Å². The molecule has 0 saturated carbocycles. The highest BCUT2D eigenvalue weighted by Gasteiger charge is 2.08. The summed E-state index contributed by atoms with van der Waals surface area (Å²) in [6, 6.07) is 4.41. The average molecular weight is 255 g/mol.